The highest BCUT2D eigenvalue weighted by molar-refractivity contribution is 8.00. The number of hydrogen-bond donors (Lipinski definition) is 1. The molecule has 0 radical (unpaired) electrons. The lowest BCUT2D eigenvalue weighted by atomic mass is 10.2. The Kier molecular flexibility index (Phi) is 6.12. The Bertz CT molecular complexity index is 748. The van der Waals surface area contributed by atoms with Crippen LogP contribution in [0.4, 0.5) is 5.69 Å². The molecule has 0 bridgehead atoms. The highest BCUT2D eigenvalue weighted by Crippen LogP contribution is 2.32. The average Bonchev–Trinajstić information content (AvgIpc) is 2.90. The van der Waals surface area contributed by atoms with Crippen LogP contribution in [0.15, 0.2) is 17.3 Å². The number of carbonyl (C=O) groups is 1. The molecule has 1 N–H and O–H groups in total. The van der Waals surface area contributed by atoms with Gasteiger partial charge in [-0.25, -0.2) is 0 Å². The zero-order chi connectivity index (χ0) is 17.9. The SMILES string of the molecule is CCn1c(C)nnc1SC(C)C(=O)Nc1cc(C)c(Cl)cc1OC. The van der Waals surface area contributed by atoms with Gasteiger partial charge in [0.05, 0.1) is 18.0 Å². The number of nitrogens with zero attached hydrogens (tertiary/aromatic N) is 3. The van der Waals surface area contributed by atoms with Crippen molar-refractivity contribution in [3.63, 3.8) is 0 Å². The van der Waals surface area contributed by atoms with Gasteiger partial charge < -0.3 is 14.6 Å². The van der Waals surface area contributed by atoms with Crippen LogP contribution >= 0.6 is 23.4 Å². The fraction of sp³-hybridized carbons (Fsp3) is 0.438. The topological polar surface area (TPSA) is 69.0 Å². The number of ether oxygens (including phenoxy) is 1. The largest absolute Gasteiger partial charge is 0.495 e. The predicted octanol–water partition coefficient (Wildman–Crippen LogP) is 3.70. The van der Waals surface area contributed by atoms with Crippen LogP contribution in [0.2, 0.25) is 5.02 Å². The van der Waals surface area contributed by atoms with E-state index >= 15 is 0 Å². The van der Waals surface area contributed by atoms with Crippen LogP contribution in [0, 0.1) is 13.8 Å². The molecule has 130 valence electrons. The third-order valence-corrected chi connectivity index (χ3v) is 5.10. The molecule has 0 saturated carbocycles. The maximum atomic E-state index is 12.5. The zero-order valence-electron chi connectivity index (χ0n) is 14.4. The number of benzene rings is 1. The Morgan fingerprint density at radius 2 is 2.12 bits per heavy atom. The molecule has 0 saturated heterocycles. The Morgan fingerprint density at radius 3 is 2.75 bits per heavy atom. The standard InChI is InChI=1S/C16H21ClN4O2S/c1-6-21-11(4)19-20-16(21)24-10(3)15(22)18-13-7-9(2)12(17)8-14(13)23-5/h7-8,10H,6H2,1-5H3,(H,18,22). The minimum absolute atomic E-state index is 0.136. The van der Waals surface area contributed by atoms with E-state index in [1.807, 2.05) is 32.3 Å². The third-order valence-electron chi connectivity index (χ3n) is 3.61. The van der Waals surface area contributed by atoms with Crippen LogP contribution in [0.25, 0.3) is 0 Å². The van der Waals surface area contributed by atoms with Crippen molar-refractivity contribution in [1.82, 2.24) is 14.8 Å². The summed E-state index contributed by atoms with van der Waals surface area (Å²) in [7, 11) is 1.54. The van der Waals surface area contributed by atoms with Crippen LogP contribution in [0.5, 0.6) is 5.75 Å². The van der Waals surface area contributed by atoms with Gasteiger partial charge in [0, 0.05) is 17.6 Å². The van der Waals surface area contributed by atoms with Crippen LogP contribution in [0.3, 0.4) is 0 Å². The van der Waals surface area contributed by atoms with Gasteiger partial charge in [-0.3, -0.25) is 4.79 Å². The van der Waals surface area contributed by atoms with Gasteiger partial charge in [0.25, 0.3) is 0 Å². The summed E-state index contributed by atoms with van der Waals surface area (Å²) < 4.78 is 7.26. The molecule has 2 aromatic rings. The molecule has 1 aromatic carbocycles. The average molecular weight is 369 g/mol. The number of nitrogens with one attached hydrogen (secondary N) is 1. The molecular weight excluding hydrogens is 348 g/mol. The Labute approximate surface area is 150 Å². The molecule has 1 unspecified atom stereocenters. The molecule has 1 aromatic heterocycles. The molecule has 24 heavy (non-hydrogen) atoms. The van der Waals surface area contributed by atoms with Crippen molar-refractivity contribution in [2.24, 2.45) is 0 Å². The first-order valence-electron chi connectivity index (χ1n) is 7.58. The van der Waals surface area contributed by atoms with E-state index in [1.54, 1.807) is 19.2 Å². The van der Waals surface area contributed by atoms with E-state index in [1.165, 1.54) is 11.8 Å². The molecule has 1 atom stereocenters. The summed E-state index contributed by atoms with van der Waals surface area (Å²) in [5.74, 6) is 1.23. The lowest BCUT2D eigenvalue weighted by Crippen LogP contribution is -2.23. The molecule has 1 heterocycles. The minimum Gasteiger partial charge on any atom is -0.495 e. The smallest absolute Gasteiger partial charge is 0.237 e. The number of anilines is 1. The van der Waals surface area contributed by atoms with E-state index in [4.69, 9.17) is 16.3 Å². The molecule has 0 aliphatic rings. The summed E-state index contributed by atoms with van der Waals surface area (Å²) in [5, 5.41) is 12.1. The van der Waals surface area contributed by atoms with Crippen molar-refractivity contribution in [2.45, 2.75) is 44.6 Å². The molecule has 6 nitrogen and oxygen atoms in total. The van der Waals surface area contributed by atoms with Gasteiger partial charge >= 0.3 is 0 Å². The fourth-order valence-electron chi connectivity index (χ4n) is 2.19. The van der Waals surface area contributed by atoms with E-state index in [9.17, 15) is 4.79 Å². The maximum Gasteiger partial charge on any atom is 0.237 e. The summed E-state index contributed by atoms with van der Waals surface area (Å²) in [4.78, 5) is 12.5. The Balaban J connectivity index is 2.13. The van der Waals surface area contributed by atoms with Crippen LogP contribution in [-0.4, -0.2) is 33.0 Å². The van der Waals surface area contributed by atoms with E-state index < -0.39 is 0 Å². The molecule has 8 heteroatoms. The van der Waals surface area contributed by atoms with Gasteiger partial charge in [-0.1, -0.05) is 23.4 Å². The summed E-state index contributed by atoms with van der Waals surface area (Å²) in [5.41, 5.74) is 1.47. The van der Waals surface area contributed by atoms with Gasteiger partial charge in [-0.15, -0.1) is 10.2 Å². The highest BCUT2D eigenvalue weighted by Gasteiger charge is 2.20. The second-order valence-electron chi connectivity index (χ2n) is 5.33. The van der Waals surface area contributed by atoms with Gasteiger partial charge in [-0.2, -0.15) is 0 Å². The van der Waals surface area contributed by atoms with E-state index in [-0.39, 0.29) is 11.2 Å². The molecule has 2 rings (SSSR count). The first kappa shape index (κ1) is 18.6. The number of amides is 1. The second kappa shape index (κ2) is 7.90. The van der Waals surface area contributed by atoms with Crippen molar-refractivity contribution in [1.29, 1.82) is 0 Å². The third kappa shape index (κ3) is 4.02. The number of carbonyl (C=O) groups excluding carboxylic acids is 1. The van der Waals surface area contributed by atoms with E-state index in [0.717, 1.165) is 23.1 Å². The molecule has 0 aliphatic heterocycles. The van der Waals surface area contributed by atoms with Crippen LogP contribution in [-0.2, 0) is 11.3 Å². The summed E-state index contributed by atoms with van der Waals surface area (Å²) in [6, 6.07) is 3.50. The second-order valence-corrected chi connectivity index (χ2v) is 7.04. The van der Waals surface area contributed by atoms with Crippen molar-refractivity contribution < 1.29 is 9.53 Å². The van der Waals surface area contributed by atoms with Gasteiger partial charge in [-0.05, 0) is 39.3 Å². The quantitative estimate of drug-likeness (QED) is 0.787. The normalized spacial score (nSPS) is 12.1. The maximum absolute atomic E-state index is 12.5. The number of halogens is 1. The number of aryl methyl sites for hydroxylation is 2. The molecule has 0 spiro atoms. The first-order valence-corrected chi connectivity index (χ1v) is 8.84. The van der Waals surface area contributed by atoms with Gasteiger partial charge in [0.2, 0.25) is 5.91 Å². The number of aromatic nitrogens is 3. The molecular formula is C16H21ClN4O2S. The molecule has 0 aliphatic carbocycles. The summed E-state index contributed by atoms with van der Waals surface area (Å²) in [6.07, 6.45) is 0. The van der Waals surface area contributed by atoms with E-state index in [0.29, 0.717) is 16.5 Å². The monoisotopic (exact) mass is 368 g/mol. The number of methoxy groups -OCH3 is 1. The van der Waals surface area contributed by atoms with E-state index in [2.05, 4.69) is 15.5 Å². The summed E-state index contributed by atoms with van der Waals surface area (Å²) >= 11 is 7.47. The Hall–Kier alpha value is -1.73. The lowest BCUT2D eigenvalue weighted by molar-refractivity contribution is -0.115. The van der Waals surface area contributed by atoms with Crippen molar-refractivity contribution in [3.8, 4) is 5.75 Å². The van der Waals surface area contributed by atoms with Crippen LogP contribution in [0.1, 0.15) is 25.2 Å². The van der Waals surface area contributed by atoms with Crippen molar-refractivity contribution in [3.05, 3.63) is 28.5 Å². The van der Waals surface area contributed by atoms with Gasteiger partial charge in [0.1, 0.15) is 11.6 Å². The number of thioether (sulfide) groups is 1. The van der Waals surface area contributed by atoms with Gasteiger partial charge in [0.15, 0.2) is 5.16 Å². The minimum atomic E-state index is -0.334. The highest BCUT2D eigenvalue weighted by atomic mass is 35.5. The lowest BCUT2D eigenvalue weighted by Gasteiger charge is -2.15. The number of rotatable bonds is 6. The van der Waals surface area contributed by atoms with Crippen LogP contribution < -0.4 is 10.1 Å². The predicted molar refractivity (Wildman–Crippen MR) is 97.1 cm³/mol. The van der Waals surface area contributed by atoms with Crippen molar-refractivity contribution >= 4 is 35.0 Å². The molecule has 1 amide bonds. The molecule has 0 fully saturated rings. The Morgan fingerprint density at radius 1 is 1.42 bits per heavy atom. The van der Waals surface area contributed by atoms with Crippen molar-refractivity contribution in [2.75, 3.05) is 12.4 Å². The fourth-order valence-corrected chi connectivity index (χ4v) is 3.30. The number of hydrogen-bond acceptors (Lipinski definition) is 5. The zero-order valence-corrected chi connectivity index (χ0v) is 16.0. The first-order chi connectivity index (χ1) is 11.4. The summed E-state index contributed by atoms with van der Waals surface area (Å²) in [6.45, 7) is 8.39.